The van der Waals surface area contributed by atoms with Gasteiger partial charge in [0.1, 0.15) is 6.61 Å². The molecule has 1 amide bonds. The molecule has 1 heterocycles. The number of aliphatic hydroxyl groups is 1. The second kappa shape index (κ2) is 5.99. The fraction of sp³-hybridized carbons (Fsp3) is 0.923. The van der Waals surface area contributed by atoms with E-state index in [1.807, 2.05) is 6.92 Å². The Labute approximate surface area is 108 Å². The monoisotopic (exact) mass is 256 g/mol. The average molecular weight is 256 g/mol. The van der Waals surface area contributed by atoms with E-state index < -0.39 is 0 Å². The molecular formula is C13H24N2O3. The Kier molecular flexibility index (Phi) is 4.59. The number of carbonyl (C=O) groups excluding carboxylic acids is 1. The molecule has 104 valence electrons. The summed E-state index contributed by atoms with van der Waals surface area (Å²) in [5.41, 5.74) is -0.160. The summed E-state index contributed by atoms with van der Waals surface area (Å²) in [7, 11) is 0. The molecule has 0 spiro atoms. The van der Waals surface area contributed by atoms with Gasteiger partial charge in [0.2, 0.25) is 5.91 Å². The van der Waals surface area contributed by atoms with E-state index in [2.05, 4.69) is 10.6 Å². The van der Waals surface area contributed by atoms with Crippen molar-refractivity contribution in [3.63, 3.8) is 0 Å². The van der Waals surface area contributed by atoms with Gasteiger partial charge in [-0.15, -0.1) is 0 Å². The van der Waals surface area contributed by atoms with Gasteiger partial charge in [0.25, 0.3) is 0 Å². The Balaban J connectivity index is 1.57. The molecule has 3 N–H and O–H groups in total. The van der Waals surface area contributed by atoms with E-state index in [0.29, 0.717) is 12.5 Å². The predicted octanol–water partition coefficient (Wildman–Crippen LogP) is 0.0322. The summed E-state index contributed by atoms with van der Waals surface area (Å²) in [6.07, 6.45) is 3.60. The summed E-state index contributed by atoms with van der Waals surface area (Å²) >= 11 is 0. The van der Waals surface area contributed by atoms with Gasteiger partial charge in [-0.3, -0.25) is 4.79 Å². The SMILES string of the molecule is CC1(OCC(=O)NCC2CCC(O)CC2)CNC1. The molecule has 0 unspecified atom stereocenters. The van der Waals surface area contributed by atoms with Crippen LogP contribution < -0.4 is 10.6 Å². The second-order valence-electron chi connectivity index (χ2n) is 5.82. The zero-order chi connectivity index (χ0) is 13.0. The lowest BCUT2D eigenvalue weighted by molar-refractivity contribution is -0.136. The Bertz CT molecular complexity index is 284. The molecule has 5 nitrogen and oxygen atoms in total. The molecule has 2 aliphatic rings. The van der Waals surface area contributed by atoms with Gasteiger partial charge in [0, 0.05) is 19.6 Å². The molecule has 1 saturated carbocycles. The maximum absolute atomic E-state index is 11.6. The van der Waals surface area contributed by atoms with Crippen molar-refractivity contribution < 1.29 is 14.6 Å². The van der Waals surface area contributed by atoms with Crippen molar-refractivity contribution in [3.05, 3.63) is 0 Å². The summed E-state index contributed by atoms with van der Waals surface area (Å²) in [6.45, 7) is 4.51. The van der Waals surface area contributed by atoms with Crippen LogP contribution in [-0.2, 0) is 9.53 Å². The highest BCUT2D eigenvalue weighted by Gasteiger charge is 2.33. The van der Waals surface area contributed by atoms with E-state index in [1.165, 1.54) is 0 Å². The molecule has 0 atom stereocenters. The minimum absolute atomic E-state index is 0.0331. The Morgan fingerprint density at radius 1 is 1.39 bits per heavy atom. The number of hydrogen-bond donors (Lipinski definition) is 3. The van der Waals surface area contributed by atoms with E-state index in [1.54, 1.807) is 0 Å². The zero-order valence-electron chi connectivity index (χ0n) is 11.1. The van der Waals surface area contributed by atoms with Crippen molar-refractivity contribution >= 4 is 5.91 Å². The molecule has 0 bridgehead atoms. The first kappa shape index (κ1) is 13.8. The third kappa shape index (κ3) is 3.93. The summed E-state index contributed by atoms with van der Waals surface area (Å²) in [5, 5.41) is 15.5. The highest BCUT2D eigenvalue weighted by atomic mass is 16.5. The van der Waals surface area contributed by atoms with Crippen LogP contribution in [0.3, 0.4) is 0 Å². The third-order valence-electron chi connectivity index (χ3n) is 3.95. The van der Waals surface area contributed by atoms with Gasteiger partial charge in [0.05, 0.1) is 11.7 Å². The van der Waals surface area contributed by atoms with Gasteiger partial charge >= 0.3 is 0 Å². The molecule has 1 saturated heterocycles. The van der Waals surface area contributed by atoms with E-state index in [9.17, 15) is 9.90 Å². The number of rotatable bonds is 5. The summed E-state index contributed by atoms with van der Waals surface area (Å²) in [6, 6.07) is 0. The number of aliphatic hydroxyl groups excluding tert-OH is 1. The maximum Gasteiger partial charge on any atom is 0.246 e. The molecule has 2 rings (SSSR count). The largest absolute Gasteiger partial charge is 0.393 e. The van der Waals surface area contributed by atoms with Crippen molar-refractivity contribution in [1.29, 1.82) is 0 Å². The van der Waals surface area contributed by atoms with Crippen LogP contribution in [-0.4, -0.2) is 49.0 Å². The van der Waals surface area contributed by atoms with Crippen LogP contribution in [0.25, 0.3) is 0 Å². The molecule has 0 radical (unpaired) electrons. The first-order valence-electron chi connectivity index (χ1n) is 6.87. The smallest absolute Gasteiger partial charge is 0.246 e. The molecule has 18 heavy (non-hydrogen) atoms. The molecular weight excluding hydrogens is 232 g/mol. The fourth-order valence-corrected chi connectivity index (χ4v) is 2.48. The van der Waals surface area contributed by atoms with Gasteiger partial charge in [-0.1, -0.05) is 0 Å². The van der Waals surface area contributed by atoms with Crippen LogP contribution in [0.4, 0.5) is 0 Å². The lowest BCUT2D eigenvalue weighted by atomic mass is 9.87. The quantitative estimate of drug-likeness (QED) is 0.649. The van der Waals surface area contributed by atoms with Gasteiger partial charge in [-0.25, -0.2) is 0 Å². The Hall–Kier alpha value is -0.650. The fourth-order valence-electron chi connectivity index (χ4n) is 2.48. The number of carbonyl (C=O) groups is 1. The standard InChI is InChI=1S/C13H24N2O3/c1-13(8-14-9-13)18-7-12(17)15-6-10-2-4-11(16)5-3-10/h10-11,14,16H,2-9H2,1H3,(H,15,17). The summed E-state index contributed by atoms with van der Waals surface area (Å²) < 4.78 is 5.57. The predicted molar refractivity (Wildman–Crippen MR) is 68.2 cm³/mol. The van der Waals surface area contributed by atoms with Gasteiger partial charge in [0.15, 0.2) is 0 Å². The van der Waals surface area contributed by atoms with Crippen LogP contribution >= 0.6 is 0 Å². The van der Waals surface area contributed by atoms with Crippen molar-refractivity contribution in [2.45, 2.75) is 44.3 Å². The minimum Gasteiger partial charge on any atom is -0.393 e. The highest BCUT2D eigenvalue weighted by Crippen LogP contribution is 2.23. The van der Waals surface area contributed by atoms with Crippen molar-refractivity contribution in [3.8, 4) is 0 Å². The van der Waals surface area contributed by atoms with Crippen molar-refractivity contribution in [1.82, 2.24) is 10.6 Å². The van der Waals surface area contributed by atoms with Crippen LogP contribution in [0.5, 0.6) is 0 Å². The summed E-state index contributed by atoms with van der Waals surface area (Å²) in [5.74, 6) is 0.479. The topological polar surface area (TPSA) is 70.6 Å². The molecule has 1 aliphatic carbocycles. The Morgan fingerprint density at radius 2 is 2.06 bits per heavy atom. The molecule has 0 aromatic rings. The van der Waals surface area contributed by atoms with E-state index in [-0.39, 0.29) is 24.2 Å². The highest BCUT2D eigenvalue weighted by molar-refractivity contribution is 5.77. The third-order valence-corrected chi connectivity index (χ3v) is 3.95. The molecule has 0 aromatic heterocycles. The average Bonchev–Trinajstić information content (AvgIpc) is 2.33. The Morgan fingerprint density at radius 3 is 2.61 bits per heavy atom. The van der Waals surface area contributed by atoms with Crippen molar-refractivity contribution in [2.24, 2.45) is 5.92 Å². The molecule has 1 aliphatic heterocycles. The molecule has 5 heteroatoms. The van der Waals surface area contributed by atoms with E-state index in [4.69, 9.17) is 4.74 Å². The van der Waals surface area contributed by atoms with Gasteiger partial charge in [-0.2, -0.15) is 0 Å². The lowest BCUT2D eigenvalue weighted by Crippen LogP contribution is -2.59. The first-order valence-corrected chi connectivity index (χ1v) is 6.87. The van der Waals surface area contributed by atoms with Crippen LogP contribution in [0.2, 0.25) is 0 Å². The number of ether oxygens (including phenoxy) is 1. The maximum atomic E-state index is 11.6. The van der Waals surface area contributed by atoms with E-state index >= 15 is 0 Å². The normalized spacial score (nSPS) is 30.6. The van der Waals surface area contributed by atoms with Gasteiger partial charge in [-0.05, 0) is 38.5 Å². The molecule has 2 fully saturated rings. The van der Waals surface area contributed by atoms with Crippen molar-refractivity contribution in [2.75, 3.05) is 26.2 Å². The van der Waals surface area contributed by atoms with Crippen LogP contribution in [0, 0.1) is 5.92 Å². The zero-order valence-corrected chi connectivity index (χ0v) is 11.1. The second-order valence-corrected chi connectivity index (χ2v) is 5.82. The molecule has 0 aromatic carbocycles. The van der Waals surface area contributed by atoms with Crippen LogP contribution in [0.1, 0.15) is 32.6 Å². The minimum atomic E-state index is -0.160. The van der Waals surface area contributed by atoms with E-state index in [0.717, 1.165) is 38.8 Å². The van der Waals surface area contributed by atoms with Crippen LogP contribution in [0.15, 0.2) is 0 Å². The number of nitrogens with one attached hydrogen (secondary N) is 2. The number of hydrogen-bond acceptors (Lipinski definition) is 4. The summed E-state index contributed by atoms with van der Waals surface area (Å²) in [4.78, 5) is 11.6. The lowest BCUT2D eigenvalue weighted by Gasteiger charge is -2.38. The number of amides is 1. The van der Waals surface area contributed by atoms with Gasteiger partial charge < -0.3 is 20.5 Å². The first-order chi connectivity index (χ1) is 8.57.